The van der Waals surface area contributed by atoms with E-state index in [0.717, 1.165) is 16.5 Å². The number of para-hydroxylation sites is 1. The van der Waals surface area contributed by atoms with Crippen molar-refractivity contribution in [2.45, 2.75) is 13.0 Å². The van der Waals surface area contributed by atoms with Crippen LogP contribution in [0.15, 0.2) is 30.3 Å². The highest BCUT2D eigenvalue weighted by Crippen LogP contribution is 2.19. The van der Waals surface area contributed by atoms with Crippen molar-refractivity contribution in [2.24, 2.45) is 0 Å². The van der Waals surface area contributed by atoms with Gasteiger partial charge in [0.05, 0.1) is 12.1 Å². The Kier molecular flexibility index (Phi) is 3.97. The molecule has 19 heavy (non-hydrogen) atoms. The third-order valence-corrected chi connectivity index (χ3v) is 2.93. The molecule has 0 bridgehead atoms. The van der Waals surface area contributed by atoms with Crippen LogP contribution in [0.5, 0.6) is 0 Å². The Morgan fingerprint density at radius 1 is 1.47 bits per heavy atom. The van der Waals surface area contributed by atoms with E-state index in [1.165, 1.54) is 7.11 Å². The Morgan fingerprint density at radius 3 is 2.89 bits per heavy atom. The predicted octanol–water partition coefficient (Wildman–Crippen LogP) is 2.05. The lowest BCUT2D eigenvalue weighted by molar-refractivity contribution is -0.147. The minimum absolute atomic E-state index is 0.179. The number of hydrogen-bond acceptors (Lipinski definition) is 4. The van der Waals surface area contributed by atoms with Crippen molar-refractivity contribution in [2.75, 3.05) is 19.0 Å². The van der Waals surface area contributed by atoms with Gasteiger partial charge in [0, 0.05) is 12.5 Å². The number of benzene rings is 1. The summed E-state index contributed by atoms with van der Waals surface area (Å²) in [7, 11) is 1.38. The van der Waals surface area contributed by atoms with Gasteiger partial charge in [-0.05, 0) is 24.6 Å². The lowest BCUT2D eigenvalue weighted by atomic mass is 10.1. The number of nitrogens with zero attached hydrogens (tertiary/aromatic N) is 1. The number of methoxy groups -OCH3 is 1. The van der Waals surface area contributed by atoms with Crippen molar-refractivity contribution in [1.29, 1.82) is 0 Å². The summed E-state index contributed by atoms with van der Waals surface area (Å²) in [4.78, 5) is 15.3. The number of carbonyl (C=O) groups is 1. The van der Waals surface area contributed by atoms with E-state index in [9.17, 15) is 4.79 Å². The smallest absolute Gasteiger partial charge is 0.334 e. The molecule has 100 valence electrons. The van der Waals surface area contributed by atoms with Gasteiger partial charge in [0.25, 0.3) is 0 Å². The first-order valence-electron chi connectivity index (χ1n) is 5.97. The minimum atomic E-state index is -0.992. The molecule has 0 radical (unpaired) electrons. The summed E-state index contributed by atoms with van der Waals surface area (Å²) in [6, 6.07) is 9.82. The van der Waals surface area contributed by atoms with E-state index in [1.807, 2.05) is 37.3 Å². The van der Waals surface area contributed by atoms with Crippen molar-refractivity contribution in [3.05, 3.63) is 35.9 Å². The minimum Gasteiger partial charge on any atom is -0.479 e. The molecule has 0 amide bonds. The quantitative estimate of drug-likeness (QED) is 0.861. The molecule has 2 aromatic rings. The van der Waals surface area contributed by atoms with E-state index in [2.05, 4.69) is 10.3 Å². The molecule has 1 atom stereocenters. The van der Waals surface area contributed by atoms with Gasteiger partial charge < -0.3 is 15.2 Å². The number of rotatable bonds is 5. The average molecular weight is 260 g/mol. The van der Waals surface area contributed by atoms with Gasteiger partial charge in [-0.2, -0.15) is 0 Å². The maximum Gasteiger partial charge on any atom is 0.334 e. The summed E-state index contributed by atoms with van der Waals surface area (Å²) in [5, 5.41) is 13.0. The Morgan fingerprint density at radius 2 is 2.21 bits per heavy atom. The molecular weight excluding hydrogens is 244 g/mol. The Balaban J connectivity index is 2.20. The highest BCUT2D eigenvalue weighted by atomic mass is 16.5. The van der Waals surface area contributed by atoms with Crippen LogP contribution in [0, 0.1) is 6.92 Å². The van der Waals surface area contributed by atoms with E-state index in [-0.39, 0.29) is 6.54 Å². The van der Waals surface area contributed by atoms with Crippen molar-refractivity contribution < 1.29 is 14.6 Å². The molecule has 2 rings (SSSR count). The fourth-order valence-electron chi connectivity index (χ4n) is 1.86. The fraction of sp³-hybridized carbons (Fsp3) is 0.286. The van der Waals surface area contributed by atoms with Crippen LogP contribution in [0.25, 0.3) is 10.9 Å². The van der Waals surface area contributed by atoms with Crippen molar-refractivity contribution in [3.8, 4) is 0 Å². The third-order valence-electron chi connectivity index (χ3n) is 2.93. The van der Waals surface area contributed by atoms with Gasteiger partial charge in [0.2, 0.25) is 0 Å². The molecule has 0 fully saturated rings. The van der Waals surface area contributed by atoms with Crippen LogP contribution >= 0.6 is 0 Å². The molecule has 1 unspecified atom stereocenters. The molecule has 0 saturated carbocycles. The normalized spacial score (nSPS) is 12.3. The zero-order valence-corrected chi connectivity index (χ0v) is 10.9. The summed E-state index contributed by atoms with van der Waals surface area (Å²) in [6.07, 6.45) is -0.882. The molecule has 0 aliphatic heterocycles. The molecule has 0 aliphatic rings. The van der Waals surface area contributed by atoms with Gasteiger partial charge in [-0.1, -0.05) is 18.2 Å². The number of aliphatic carboxylic acids is 1. The number of ether oxygens (including phenoxy) is 1. The first-order valence-corrected chi connectivity index (χ1v) is 5.97. The zero-order valence-electron chi connectivity index (χ0n) is 10.9. The molecule has 5 heteroatoms. The van der Waals surface area contributed by atoms with Gasteiger partial charge in [-0.15, -0.1) is 0 Å². The standard InChI is InChI=1S/C14H16N2O3/c1-9-7-10-5-3-4-6-11(10)16-13(9)15-8-12(19-2)14(17)18/h3-7,12H,8H2,1-2H3,(H,15,16)(H,17,18). The molecule has 1 aromatic carbocycles. The second-order valence-corrected chi connectivity index (χ2v) is 4.29. The van der Waals surface area contributed by atoms with Crippen LogP contribution in [0.1, 0.15) is 5.56 Å². The van der Waals surface area contributed by atoms with Crippen molar-refractivity contribution in [3.63, 3.8) is 0 Å². The topological polar surface area (TPSA) is 71.5 Å². The van der Waals surface area contributed by atoms with Gasteiger partial charge >= 0.3 is 5.97 Å². The zero-order chi connectivity index (χ0) is 13.8. The Labute approximate surface area is 111 Å². The molecule has 0 aliphatic carbocycles. The van der Waals surface area contributed by atoms with E-state index in [1.54, 1.807) is 0 Å². The number of anilines is 1. The number of aromatic nitrogens is 1. The maximum atomic E-state index is 10.9. The lowest BCUT2D eigenvalue weighted by Crippen LogP contribution is -2.30. The second kappa shape index (κ2) is 5.67. The van der Waals surface area contributed by atoms with Gasteiger partial charge in [0.15, 0.2) is 6.10 Å². The molecule has 0 saturated heterocycles. The third kappa shape index (κ3) is 3.00. The number of pyridine rings is 1. The van der Waals surface area contributed by atoms with Crippen LogP contribution < -0.4 is 5.32 Å². The maximum absolute atomic E-state index is 10.9. The Hall–Kier alpha value is -2.14. The lowest BCUT2D eigenvalue weighted by Gasteiger charge is -2.14. The molecule has 0 spiro atoms. The van der Waals surface area contributed by atoms with Crippen molar-refractivity contribution >= 4 is 22.7 Å². The summed E-state index contributed by atoms with van der Waals surface area (Å²) < 4.78 is 4.87. The van der Waals surface area contributed by atoms with Gasteiger partial charge in [-0.3, -0.25) is 0 Å². The van der Waals surface area contributed by atoms with E-state index in [4.69, 9.17) is 9.84 Å². The number of fused-ring (bicyclic) bond motifs is 1. The highest BCUT2D eigenvalue weighted by Gasteiger charge is 2.16. The van der Waals surface area contributed by atoms with E-state index < -0.39 is 12.1 Å². The first kappa shape index (κ1) is 13.3. The van der Waals surface area contributed by atoms with E-state index >= 15 is 0 Å². The SMILES string of the molecule is COC(CNc1nc2ccccc2cc1C)C(=O)O. The van der Waals surface area contributed by atoms with Crippen LogP contribution in [-0.2, 0) is 9.53 Å². The number of carboxylic acid groups (broad SMARTS) is 1. The average Bonchev–Trinajstić information content (AvgIpc) is 2.39. The second-order valence-electron chi connectivity index (χ2n) is 4.29. The van der Waals surface area contributed by atoms with Crippen LogP contribution in [0.3, 0.4) is 0 Å². The fourth-order valence-corrected chi connectivity index (χ4v) is 1.86. The number of nitrogens with one attached hydrogen (secondary N) is 1. The number of aryl methyl sites for hydroxylation is 1. The van der Waals surface area contributed by atoms with E-state index in [0.29, 0.717) is 5.82 Å². The molecule has 2 N–H and O–H groups in total. The Bertz CT molecular complexity index is 598. The van der Waals surface area contributed by atoms with Gasteiger partial charge in [0.1, 0.15) is 5.82 Å². The summed E-state index contributed by atoms with van der Waals surface area (Å²) in [6.45, 7) is 2.11. The monoisotopic (exact) mass is 260 g/mol. The first-order chi connectivity index (χ1) is 9.11. The number of carboxylic acids is 1. The largest absolute Gasteiger partial charge is 0.479 e. The predicted molar refractivity (Wildman–Crippen MR) is 73.4 cm³/mol. The molecular formula is C14H16N2O3. The number of hydrogen-bond donors (Lipinski definition) is 2. The molecule has 1 heterocycles. The highest BCUT2D eigenvalue weighted by molar-refractivity contribution is 5.81. The summed E-state index contributed by atoms with van der Waals surface area (Å²) in [5.74, 6) is -0.310. The molecule has 5 nitrogen and oxygen atoms in total. The van der Waals surface area contributed by atoms with Crippen molar-refractivity contribution in [1.82, 2.24) is 4.98 Å². The summed E-state index contributed by atoms with van der Waals surface area (Å²) in [5.41, 5.74) is 1.85. The van der Waals surface area contributed by atoms with Crippen LogP contribution in [0.4, 0.5) is 5.82 Å². The van der Waals surface area contributed by atoms with Crippen LogP contribution in [-0.4, -0.2) is 35.8 Å². The van der Waals surface area contributed by atoms with Gasteiger partial charge in [-0.25, -0.2) is 9.78 Å². The van der Waals surface area contributed by atoms with Crippen LogP contribution in [0.2, 0.25) is 0 Å². The molecule has 1 aromatic heterocycles. The summed E-state index contributed by atoms with van der Waals surface area (Å²) >= 11 is 0.